The van der Waals surface area contributed by atoms with Crippen LogP contribution in [0.3, 0.4) is 0 Å². The van der Waals surface area contributed by atoms with Gasteiger partial charge >= 0.3 is 0 Å². The quantitative estimate of drug-likeness (QED) is 0.241. The van der Waals surface area contributed by atoms with Gasteiger partial charge in [-0.05, 0) is 85.0 Å². The molecule has 194 valence electrons. The maximum Gasteiger partial charge on any atom is 0.0565 e. The number of hydrogen-bond acceptors (Lipinski definition) is 1. The first-order valence-electron chi connectivity index (χ1n) is 14.0. The Labute approximate surface area is 235 Å². The Balaban J connectivity index is 1.38. The van der Waals surface area contributed by atoms with E-state index in [0.29, 0.717) is 0 Å². The molecule has 2 heteroatoms. The zero-order valence-electron chi connectivity index (χ0n) is 22.9. The summed E-state index contributed by atoms with van der Waals surface area (Å²) in [5, 5.41) is 6.38. The summed E-state index contributed by atoms with van der Waals surface area (Å²) in [6, 6.07) is 41.9. The van der Waals surface area contributed by atoms with Crippen molar-refractivity contribution in [1.29, 1.82) is 0 Å². The van der Waals surface area contributed by atoms with Gasteiger partial charge in [-0.2, -0.15) is 0 Å². The first-order chi connectivity index (χ1) is 19.6. The van der Waals surface area contributed by atoms with E-state index < -0.39 is 0 Å². The van der Waals surface area contributed by atoms with Crippen LogP contribution >= 0.6 is 0 Å². The smallest absolute Gasteiger partial charge is 0.0565 e. The summed E-state index contributed by atoms with van der Waals surface area (Å²) < 4.78 is 2.39. The predicted molar refractivity (Wildman–Crippen MR) is 171 cm³/mol. The zero-order chi connectivity index (χ0) is 27.1. The summed E-state index contributed by atoms with van der Waals surface area (Å²) in [6.45, 7) is 4.41. The number of hydrogen-bond donors (Lipinski definition) is 1. The molecule has 1 aromatic heterocycles. The number of nitrogens with zero attached hydrogens (tertiary/aromatic N) is 1. The average Bonchev–Trinajstić information content (AvgIpc) is 3.32. The maximum atomic E-state index is 3.84. The monoisotopic (exact) mass is 516 g/mol. The molecule has 0 amide bonds. The fraction of sp³-hybridized carbons (Fsp3) is 0.105. The zero-order valence-corrected chi connectivity index (χ0v) is 22.9. The largest absolute Gasteiger partial charge is 0.376 e. The van der Waals surface area contributed by atoms with E-state index in [9.17, 15) is 0 Å². The van der Waals surface area contributed by atoms with E-state index >= 15 is 0 Å². The van der Waals surface area contributed by atoms with E-state index in [1.807, 2.05) is 0 Å². The number of benzene rings is 5. The highest BCUT2D eigenvalue weighted by Crippen LogP contribution is 2.38. The second-order valence-electron chi connectivity index (χ2n) is 11.1. The minimum atomic E-state index is -0.115. The van der Waals surface area contributed by atoms with Crippen molar-refractivity contribution < 1.29 is 0 Å². The molecule has 0 saturated carbocycles. The molecule has 5 aromatic carbocycles. The van der Waals surface area contributed by atoms with Crippen LogP contribution in [0.1, 0.15) is 18.9 Å². The molecule has 7 rings (SSSR count). The predicted octanol–water partition coefficient (Wildman–Crippen LogP) is 10.1. The number of fused-ring (bicyclic) bond motifs is 3. The molecule has 1 atom stereocenters. The molecule has 2 nitrogen and oxygen atoms in total. The fourth-order valence-electron chi connectivity index (χ4n) is 6.01. The summed E-state index contributed by atoms with van der Waals surface area (Å²) in [6.07, 6.45) is 9.70. The molecule has 0 fully saturated rings. The van der Waals surface area contributed by atoms with Crippen molar-refractivity contribution in [2.45, 2.75) is 25.8 Å². The summed E-state index contributed by atoms with van der Waals surface area (Å²) >= 11 is 0. The molecule has 40 heavy (non-hydrogen) atoms. The van der Waals surface area contributed by atoms with Gasteiger partial charge in [0.15, 0.2) is 0 Å². The third-order valence-corrected chi connectivity index (χ3v) is 8.04. The van der Waals surface area contributed by atoms with Crippen LogP contribution in [0.25, 0.3) is 49.7 Å². The van der Waals surface area contributed by atoms with Gasteiger partial charge < -0.3 is 9.88 Å². The van der Waals surface area contributed by atoms with Crippen LogP contribution in [0.15, 0.2) is 140 Å². The highest BCUT2D eigenvalue weighted by molar-refractivity contribution is 6.10. The second kappa shape index (κ2) is 9.73. The molecule has 0 bridgehead atoms. The molecule has 6 aromatic rings. The Morgan fingerprint density at radius 1 is 0.650 bits per heavy atom. The number of allylic oxidation sites excluding steroid dienone is 2. The van der Waals surface area contributed by atoms with Crippen molar-refractivity contribution >= 4 is 27.5 Å². The number of para-hydroxylation sites is 1. The van der Waals surface area contributed by atoms with Gasteiger partial charge in [-0.25, -0.2) is 0 Å². The number of aryl methyl sites for hydroxylation is 1. The van der Waals surface area contributed by atoms with Crippen molar-refractivity contribution in [3.05, 3.63) is 145 Å². The van der Waals surface area contributed by atoms with Crippen LogP contribution in [-0.4, -0.2) is 10.1 Å². The highest BCUT2D eigenvalue weighted by Gasteiger charge is 2.22. The standard InChI is InChI=1S/C38H32N2/c1-27-12-11-15-31(24-27)40-36-17-8-7-16-32(36)34-26-30(19-21-37(34)40)29-18-20-35(39-38(2)22-9-4-10-23-38)33(25-29)28-13-5-3-6-14-28/h3-22,24-26,39H,23H2,1-2H3. The van der Waals surface area contributed by atoms with Gasteiger partial charge in [0.05, 0.1) is 16.6 Å². The van der Waals surface area contributed by atoms with Gasteiger partial charge in [0.1, 0.15) is 0 Å². The molecule has 1 heterocycles. The molecule has 0 spiro atoms. The van der Waals surface area contributed by atoms with Gasteiger partial charge in [-0.3, -0.25) is 0 Å². The molecule has 1 aliphatic rings. The van der Waals surface area contributed by atoms with Crippen LogP contribution in [0.4, 0.5) is 5.69 Å². The molecular formula is C38H32N2. The van der Waals surface area contributed by atoms with Crippen molar-refractivity contribution in [2.24, 2.45) is 0 Å². The number of anilines is 1. The van der Waals surface area contributed by atoms with Crippen LogP contribution < -0.4 is 5.32 Å². The fourth-order valence-corrected chi connectivity index (χ4v) is 6.01. The Bertz CT molecular complexity index is 1920. The van der Waals surface area contributed by atoms with Crippen molar-refractivity contribution in [1.82, 2.24) is 4.57 Å². The minimum absolute atomic E-state index is 0.115. The summed E-state index contributed by atoms with van der Waals surface area (Å²) in [5.41, 5.74) is 10.8. The summed E-state index contributed by atoms with van der Waals surface area (Å²) in [7, 11) is 0. The number of rotatable bonds is 5. The first kappa shape index (κ1) is 24.2. The molecule has 0 saturated heterocycles. The summed E-state index contributed by atoms with van der Waals surface area (Å²) in [5.74, 6) is 0. The lowest BCUT2D eigenvalue weighted by Gasteiger charge is -2.30. The minimum Gasteiger partial charge on any atom is -0.376 e. The van der Waals surface area contributed by atoms with Gasteiger partial charge in [-0.1, -0.05) is 97.1 Å². The Kier molecular flexibility index (Phi) is 5.90. The van der Waals surface area contributed by atoms with E-state index in [1.54, 1.807) is 0 Å². The molecular weight excluding hydrogens is 484 g/mol. The molecule has 1 aliphatic carbocycles. The highest BCUT2D eigenvalue weighted by atomic mass is 15.0. The maximum absolute atomic E-state index is 3.84. The van der Waals surface area contributed by atoms with Crippen LogP contribution in [0.5, 0.6) is 0 Å². The summed E-state index contributed by atoms with van der Waals surface area (Å²) in [4.78, 5) is 0. The SMILES string of the molecule is Cc1cccc(-n2c3ccccc3c3cc(-c4ccc(NC5(C)C=CC=CC5)c(-c5ccccc5)c4)ccc32)c1. The normalized spacial score (nSPS) is 16.6. The molecule has 1 unspecified atom stereocenters. The topological polar surface area (TPSA) is 17.0 Å². The Morgan fingerprint density at radius 3 is 2.25 bits per heavy atom. The number of aromatic nitrogens is 1. The molecule has 1 N–H and O–H groups in total. The van der Waals surface area contributed by atoms with Gasteiger partial charge in [0.2, 0.25) is 0 Å². The lowest BCUT2D eigenvalue weighted by molar-refractivity contribution is 0.641. The van der Waals surface area contributed by atoms with E-state index in [0.717, 1.165) is 12.1 Å². The van der Waals surface area contributed by atoms with Gasteiger partial charge in [0, 0.05) is 27.7 Å². The third-order valence-electron chi connectivity index (χ3n) is 8.04. The Morgan fingerprint density at radius 2 is 1.43 bits per heavy atom. The van der Waals surface area contributed by atoms with E-state index in [1.165, 1.54) is 55.3 Å². The van der Waals surface area contributed by atoms with Crippen molar-refractivity contribution in [3.8, 4) is 27.9 Å². The second-order valence-corrected chi connectivity index (χ2v) is 11.1. The lowest BCUT2D eigenvalue weighted by atomic mass is 9.91. The molecule has 0 radical (unpaired) electrons. The average molecular weight is 517 g/mol. The van der Waals surface area contributed by atoms with E-state index in [-0.39, 0.29) is 5.54 Å². The van der Waals surface area contributed by atoms with Crippen LogP contribution in [-0.2, 0) is 0 Å². The lowest BCUT2D eigenvalue weighted by Crippen LogP contribution is -2.32. The first-order valence-corrected chi connectivity index (χ1v) is 14.0. The third kappa shape index (κ3) is 4.32. The van der Waals surface area contributed by atoms with Crippen molar-refractivity contribution in [3.63, 3.8) is 0 Å². The van der Waals surface area contributed by atoms with E-state index in [2.05, 4.69) is 163 Å². The van der Waals surface area contributed by atoms with E-state index in [4.69, 9.17) is 0 Å². The Hall–Kier alpha value is -4.82. The number of nitrogens with one attached hydrogen (secondary N) is 1. The van der Waals surface area contributed by atoms with Gasteiger partial charge in [0.25, 0.3) is 0 Å². The van der Waals surface area contributed by atoms with Gasteiger partial charge in [-0.15, -0.1) is 0 Å². The molecule has 0 aliphatic heterocycles. The van der Waals surface area contributed by atoms with Crippen molar-refractivity contribution in [2.75, 3.05) is 5.32 Å². The van der Waals surface area contributed by atoms with Crippen LogP contribution in [0.2, 0.25) is 0 Å². The van der Waals surface area contributed by atoms with Crippen LogP contribution in [0, 0.1) is 6.92 Å².